The summed E-state index contributed by atoms with van der Waals surface area (Å²) in [6.07, 6.45) is 1.17. The first-order chi connectivity index (χ1) is 15.4. The predicted molar refractivity (Wildman–Crippen MR) is 122 cm³/mol. The Bertz CT molecular complexity index is 1080. The van der Waals surface area contributed by atoms with Crippen LogP contribution >= 0.6 is 11.8 Å². The number of nitro benzene ring substituents is 1. The third-order valence-corrected chi connectivity index (χ3v) is 5.72. The molecule has 0 aliphatic carbocycles. The van der Waals surface area contributed by atoms with E-state index in [1.165, 1.54) is 23.9 Å². The van der Waals surface area contributed by atoms with Gasteiger partial charge in [0, 0.05) is 30.0 Å². The summed E-state index contributed by atoms with van der Waals surface area (Å²) in [5.41, 5.74) is 1.73. The molecule has 1 aromatic heterocycles. The standard InChI is InChI=1S/C22H25N5O4S/c1-4-6-20(28)23-15(2)21-24-25-22(32-14-16-7-5-8-19(13-16)31-3)26(21)17-9-11-18(12-10-17)27(29)30/h5,7-13,15H,4,6,14H2,1-3H3,(H,23,28). The lowest BCUT2D eigenvalue weighted by molar-refractivity contribution is -0.384. The Morgan fingerprint density at radius 1 is 1.25 bits per heavy atom. The van der Waals surface area contributed by atoms with Crippen LogP contribution in [-0.2, 0) is 10.5 Å². The Hall–Kier alpha value is -3.40. The van der Waals surface area contributed by atoms with E-state index in [0.717, 1.165) is 17.7 Å². The molecular formula is C22H25N5O4S. The topological polar surface area (TPSA) is 112 Å². The first kappa shape index (κ1) is 23.3. The van der Waals surface area contributed by atoms with Crippen molar-refractivity contribution in [1.29, 1.82) is 0 Å². The molecule has 1 unspecified atom stereocenters. The number of carbonyl (C=O) groups excluding carboxylic acids is 1. The molecule has 0 saturated heterocycles. The Morgan fingerprint density at radius 2 is 2.00 bits per heavy atom. The second-order valence-corrected chi connectivity index (χ2v) is 8.07. The van der Waals surface area contributed by atoms with Gasteiger partial charge >= 0.3 is 0 Å². The SMILES string of the molecule is CCCC(=O)NC(C)c1nnc(SCc2cccc(OC)c2)n1-c1ccc([N+](=O)[O-])cc1. The van der Waals surface area contributed by atoms with Gasteiger partial charge in [0.15, 0.2) is 11.0 Å². The molecule has 0 saturated carbocycles. The van der Waals surface area contributed by atoms with Crippen molar-refractivity contribution in [2.45, 2.75) is 43.6 Å². The molecule has 0 aliphatic rings. The lowest BCUT2D eigenvalue weighted by Gasteiger charge is -2.16. The largest absolute Gasteiger partial charge is 0.497 e. The number of nitro groups is 1. The van der Waals surface area contributed by atoms with Crippen molar-refractivity contribution in [2.24, 2.45) is 0 Å². The fourth-order valence-electron chi connectivity index (χ4n) is 3.14. The van der Waals surface area contributed by atoms with E-state index in [4.69, 9.17) is 4.74 Å². The molecule has 9 nitrogen and oxygen atoms in total. The van der Waals surface area contributed by atoms with Gasteiger partial charge in [-0.15, -0.1) is 10.2 Å². The smallest absolute Gasteiger partial charge is 0.269 e. The normalized spacial score (nSPS) is 11.7. The second kappa shape index (κ2) is 10.8. The zero-order chi connectivity index (χ0) is 23.1. The van der Waals surface area contributed by atoms with E-state index < -0.39 is 4.92 Å². The molecule has 0 spiro atoms. The molecule has 0 radical (unpaired) electrons. The first-order valence-electron chi connectivity index (χ1n) is 10.2. The van der Waals surface area contributed by atoms with Gasteiger partial charge in [-0.2, -0.15) is 0 Å². The van der Waals surface area contributed by atoms with Gasteiger partial charge in [-0.1, -0.05) is 30.8 Å². The molecular weight excluding hydrogens is 430 g/mol. The number of thioether (sulfide) groups is 1. The van der Waals surface area contributed by atoms with E-state index in [2.05, 4.69) is 15.5 Å². The maximum Gasteiger partial charge on any atom is 0.269 e. The maximum atomic E-state index is 12.1. The van der Waals surface area contributed by atoms with Crippen molar-refractivity contribution < 1.29 is 14.5 Å². The predicted octanol–water partition coefficient (Wildman–Crippen LogP) is 4.45. The quantitative estimate of drug-likeness (QED) is 0.273. The van der Waals surface area contributed by atoms with Crippen LogP contribution in [0.15, 0.2) is 53.7 Å². The summed E-state index contributed by atoms with van der Waals surface area (Å²) in [4.78, 5) is 22.7. The van der Waals surface area contributed by atoms with Gasteiger partial charge in [-0.25, -0.2) is 0 Å². The summed E-state index contributed by atoms with van der Waals surface area (Å²) in [6.45, 7) is 3.78. The molecule has 3 rings (SSSR count). The number of rotatable bonds is 10. The van der Waals surface area contributed by atoms with Crippen LogP contribution in [0.1, 0.15) is 44.1 Å². The van der Waals surface area contributed by atoms with E-state index in [0.29, 0.717) is 28.8 Å². The number of ether oxygens (including phenoxy) is 1. The molecule has 0 bridgehead atoms. The summed E-state index contributed by atoms with van der Waals surface area (Å²) in [5.74, 6) is 1.88. The Morgan fingerprint density at radius 3 is 2.66 bits per heavy atom. The summed E-state index contributed by atoms with van der Waals surface area (Å²) >= 11 is 1.48. The monoisotopic (exact) mass is 455 g/mol. The van der Waals surface area contributed by atoms with E-state index in [1.54, 1.807) is 19.2 Å². The van der Waals surface area contributed by atoms with Crippen molar-refractivity contribution in [3.05, 3.63) is 70.0 Å². The summed E-state index contributed by atoms with van der Waals surface area (Å²) in [5, 5.41) is 23.3. The minimum Gasteiger partial charge on any atom is -0.497 e. The van der Waals surface area contributed by atoms with Gasteiger partial charge in [0.1, 0.15) is 5.75 Å². The van der Waals surface area contributed by atoms with Crippen molar-refractivity contribution >= 4 is 23.4 Å². The zero-order valence-electron chi connectivity index (χ0n) is 18.1. The van der Waals surface area contributed by atoms with Crippen molar-refractivity contribution in [2.75, 3.05) is 7.11 Å². The minimum absolute atomic E-state index is 0.00162. The lowest BCUT2D eigenvalue weighted by atomic mass is 10.2. The van der Waals surface area contributed by atoms with E-state index >= 15 is 0 Å². The number of hydrogen-bond donors (Lipinski definition) is 1. The average molecular weight is 456 g/mol. The zero-order valence-corrected chi connectivity index (χ0v) is 19.0. The number of nitrogens with zero attached hydrogens (tertiary/aromatic N) is 4. The third kappa shape index (κ3) is 5.64. The maximum absolute atomic E-state index is 12.1. The van der Waals surface area contributed by atoms with Crippen LogP contribution in [0.2, 0.25) is 0 Å². The van der Waals surface area contributed by atoms with Gasteiger partial charge in [-0.05, 0) is 43.2 Å². The Labute approximate surface area is 190 Å². The van der Waals surface area contributed by atoms with Crippen LogP contribution in [-0.4, -0.2) is 32.7 Å². The van der Waals surface area contributed by atoms with Crippen LogP contribution in [0.3, 0.4) is 0 Å². The van der Waals surface area contributed by atoms with Gasteiger partial charge in [0.2, 0.25) is 5.91 Å². The van der Waals surface area contributed by atoms with Crippen molar-refractivity contribution in [1.82, 2.24) is 20.1 Å². The highest BCUT2D eigenvalue weighted by Gasteiger charge is 2.21. The Kier molecular flexibility index (Phi) is 7.82. The molecule has 1 N–H and O–H groups in total. The minimum atomic E-state index is -0.442. The number of aromatic nitrogens is 3. The molecule has 3 aromatic rings. The molecule has 2 aromatic carbocycles. The molecule has 0 fully saturated rings. The summed E-state index contributed by atoms with van der Waals surface area (Å²) in [7, 11) is 1.62. The summed E-state index contributed by atoms with van der Waals surface area (Å²) < 4.78 is 7.11. The Balaban J connectivity index is 1.92. The number of carbonyl (C=O) groups is 1. The number of non-ortho nitro benzene ring substituents is 1. The highest BCUT2D eigenvalue weighted by atomic mass is 32.2. The average Bonchev–Trinajstić information content (AvgIpc) is 3.22. The number of hydrogen-bond acceptors (Lipinski definition) is 7. The summed E-state index contributed by atoms with van der Waals surface area (Å²) in [6, 6.07) is 13.6. The number of methoxy groups -OCH3 is 1. The van der Waals surface area contributed by atoms with Crippen LogP contribution in [0.5, 0.6) is 5.75 Å². The van der Waals surface area contributed by atoms with E-state index in [-0.39, 0.29) is 17.6 Å². The van der Waals surface area contributed by atoms with Crippen LogP contribution in [0.4, 0.5) is 5.69 Å². The molecule has 0 aliphatic heterocycles. The lowest BCUT2D eigenvalue weighted by Crippen LogP contribution is -2.28. The fraction of sp³-hybridized carbons (Fsp3) is 0.318. The van der Waals surface area contributed by atoms with Crippen molar-refractivity contribution in [3.63, 3.8) is 0 Å². The van der Waals surface area contributed by atoms with Gasteiger partial charge < -0.3 is 10.1 Å². The van der Waals surface area contributed by atoms with Crippen LogP contribution in [0, 0.1) is 10.1 Å². The van der Waals surface area contributed by atoms with Crippen molar-refractivity contribution in [3.8, 4) is 11.4 Å². The van der Waals surface area contributed by atoms with E-state index in [9.17, 15) is 14.9 Å². The second-order valence-electron chi connectivity index (χ2n) is 7.13. The van der Waals surface area contributed by atoms with Gasteiger partial charge in [-0.3, -0.25) is 19.5 Å². The number of benzene rings is 2. The number of nitrogens with one attached hydrogen (secondary N) is 1. The first-order valence-corrected chi connectivity index (χ1v) is 11.2. The van der Waals surface area contributed by atoms with Gasteiger partial charge in [0.25, 0.3) is 5.69 Å². The molecule has 10 heteroatoms. The fourth-order valence-corrected chi connectivity index (χ4v) is 4.04. The molecule has 32 heavy (non-hydrogen) atoms. The van der Waals surface area contributed by atoms with E-state index in [1.807, 2.05) is 42.7 Å². The third-order valence-electron chi connectivity index (χ3n) is 4.72. The molecule has 168 valence electrons. The van der Waals surface area contributed by atoms with Crippen LogP contribution in [0.25, 0.3) is 5.69 Å². The molecule has 1 amide bonds. The molecule has 1 heterocycles. The van der Waals surface area contributed by atoms with Crippen LogP contribution < -0.4 is 10.1 Å². The highest BCUT2D eigenvalue weighted by molar-refractivity contribution is 7.98. The molecule has 1 atom stereocenters. The number of amides is 1. The van der Waals surface area contributed by atoms with Gasteiger partial charge in [0.05, 0.1) is 18.1 Å². The highest BCUT2D eigenvalue weighted by Crippen LogP contribution is 2.29.